The van der Waals surface area contributed by atoms with Crippen molar-refractivity contribution in [3.8, 4) is 6.07 Å². The molecule has 1 saturated carbocycles. The second-order valence-corrected chi connectivity index (χ2v) is 4.00. The molecular weight excluding hydrogens is 207 g/mol. The third-order valence-corrected chi connectivity index (χ3v) is 2.54. The van der Waals surface area contributed by atoms with Crippen LogP contribution in [0.3, 0.4) is 0 Å². The molecule has 1 aliphatic carbocycles. The fourth-order valence-electron chi connectivity index (χ4n) is 1.47. The van der Waals surface area contributed by atoms with Gasteiger partial charge in [-0.1, -0.05) is 0 Å². The molecule has 1 amide bonds. The number of carbonyl (C=O) groups excluding carboxylic acids is 1. The number of amides is 1. The van der Waals surface area contributed by atoms with Gasteiger partial charge in [0.2, 0.25) is 5.91 Å². The predicted molar refractivity (Wildman–Crippen MR) is 57.1 cm³/mol. The lowest BCUT2D eigenvalue weighted by molar-refractivity contribution is -0.116. The van der Waals surface area contributed by atoms with E-state index in [2.05, 4.69) is 5.32 Å². The van der Waals surface area contributed by atoms with Gasteiger partial charge in [-0.05, 0) is 37.0 Å². The number of hydrogen-bond donors (Lipinski definition) is 1. The second-order valence-electron chi connectivity index (χ2n) is 4.00. The number of nitrogens with zero attached hydrogens (tertiary/aromatic N) is 1. The maximum Gasteiger partial charge on any atom is 0.224 e. The fraction of sp³-hybridized carbons (Fsp3) is 0.333. The number of hydrogen-bond acceptors (Lipinski definition) is 2. The van der Waals surface area contributed by atoms with Crippen LogP contribution in [0.25, 0.3) is 0 Å². The zero-order valence-corrected chi connectivity index (χ0v) is 8.66. The van der Waals surface area contributed by atoms with E-state index >= 15 is 0 Å². The van der Waals surface area contributed by atoms with Crippen LogP contribution in [0.5, 0.6) is 0 Å². The van der Waals surface area contributed by atoms with Crippen molar-refractivity contribution in [3.05, 3.63) is 29.6 Å². The first kappa shape index (κ1) is 10.6. The van der Waals surface area contributed by atoms with E-state index in [1.165, 1.54) is 12.1 Å². The van der Waals surface area contributed by atoms with Crippen molar-refractivity contribution < 1.29 is 9.18 Å². The lowest BCUT2D eigenvalue weighted by Gasteiger charge is -2.05. The Labute approximate surface area is 92.9 Å². The number of rotatable bonds is 3. The van der Waals surface area contributed by atoms with Crippen molar-refractivity contribution in [2.24, 2.45) is 5.92 Å². The summed E-state index contributed by atoms with van der Waals surface area (Å²) >= 11 is 0. The van der Waals surface area contributed by atoms with Gasteiger partial charge in [0.05, 0.1) is 17.3 Å². The zero-order chi connectivity index (χ0) is 11.5. The van der Waals surface area contributed by atoms with Gasteiger partial charge in [0.25, 0.3) is 0 Å². The Hall–Kier alpha value is -1.89. The van der Waals surface area contributed by atoms with Gasteiger partial charge in [0, 0.05) is 6.42 Å². The van der Waals surface area contributed by atoms with Crippen molar-refractivity contribution in [1.29, 1.82) is 5.26 Å². The largest absolute Gasteiger partial charge is 0.324 e. The molecule has 1 aromatic rings. The highest BCUT2D eigenvalue weighted by atomic mass is 19.1. The first-order valence-corrected chi connectivity index (χ1v) is 5.18. The fourth-order valence-corrected chi connectivity index (χ4v) is 1.47. The van der Waals surface area contributed by atoms with Crippen LogP contribution in [0.2, 0.25) is 0 Å². The van der Waals surface area contributed by atoms with E-state index < -0.39 is 5.82 Å². The molecule has 0 heterocycles. The van der Waals surface area contributed by atoms with Gasteiger partial charge < -0.3 is 5.32 Å². The van der Waals surface area contributed by atoms with Crippen LogP contribution in [-0.4, -0.2) is 5.91 Å². The van der Waals surface area contributed by atoms with Gasteiger partial charge in [-0.3, -0.25) is 4.79 Å². The molecule has 1 fully saturated rings. The third-order valence-electron chi connectivity index (χ3n) is 2.54. The molecule has 0 aliphatic heterocycles. The van der Waals surface area contributed by atoms with E-state index in [0.717, 1.165) is 18.9 Å². The quantitative estimate of drug-likeness (QED) is 0.847. The molecule has 0 saturated heterocycles. The normalized spacial score (nSPS) is 14.2. The Bertz CT molecular complexity index is 461. The number of nitriles is 1. The second kappa shape index (κ2) is 4.31. The van der Waals surface area contributed by atoms with E-state index in [4.69, 9.17) is 5.26 Å². The molecule has 1 aromatic carbocycles. The van der Waals surface area contributed by atoms with Gasteiger partial charge in [-0.2, -0.15) is 5.26 Å². The van der Waals surface area contributed by atoms with Crippen LogP contribution >= 0.6 is 0 Å². The Morgan fingerprint density at radius 1 is 1.56 bits per heavy atom. The summed E-state index contributed by atoms with van der Waals surface area (Å²) in [4.78, 5) is 11.4. The number of halogens is 1. The third kappa shape index (κ3) is 2.57. The molecule has 0 unspecified atom stereocenters. The molecule has 0 spiro atoms. The highest BCUT2D eigenvalue weighted by Gasteiger charge is 2.24. The van der Waals surface area contributed by atoms with Crippen molar-refractivity contribution in [2.75, 3.05) is 5.32 Å². The number of benzene rings is 1. The number of nitrogens with one attached hydrogen (secondary N) is 1. The average Bonchev–Trinajstić information content (AvgIpc) is 3.05. The molecule has 3 nitrogen and oxygen atoms in total. The molecule has 0 radical (unpaired) electrons. The van der Waals surface area contributed by atoms with E-state index in [1.54, 1.807) is 0 Å². The topological polar surface area (TPSA) is 52.9 Å². The predicted octanol–water partition coefficient (Wildman–Crippen LogP) is 2.44. The van der Waals surface area contributed by atoms with E-state index in [-0.39, 0.29) is 17.2 Å². The first-order chi connectivity index (χ1) is 7.69. The molecular formula is C12H11FN2O. The maximum absolute atomic E-state index is 13.4. The van der Waals surface area contributed by atoms with E-state index in [0.29, 0.717) is 12.3 Å². The molecule has 0 aromatic heterocycles. The minimum absolute atomic E-state index is 0.143. The van der Waals surface area contributed by atoms with Crippen LogP contribution in [0.1, 0.15) is 24.8 Å². The molecule has 2 rings (SSSR count). The van der Waals surface area contributed by atoms with E-state index in [1.807, 2.05) is 6.07 Å². The van der Waals surface area contributed by atoms with Crippen LogP contribution in [0, 0.1) is 23.1 Å². The molecule has 1 N–H and O–H groups in total. The Morgan fingerprint density at radius 3 is 2.88 bits per heavy atom. The van der Waals surface area contributed by atoms with Gasteiger partial charge in [-0.15, -0.1) is 0 Å². The zero-order valence-electron chi connectivity index (χ0n) is 8.66. The smallest absolute Gasteiger partial charge is 0.224 e. The van der Waals surface area contributed by atoms with Crippen LogP contribution in [-0.2, 0) is 4.79 Å². The first-order valence-electron chi connectivity index (χ1n) is 5.18. The molecule has 0 bridgehead atoms. The Balaban J connectivity index is 2.03. The summed E-state index contributed by atoms with van der Waals surface area (Å²) in [5, 5.41) is 11.1. The average molecular weight is 218 g/mol. The van der Waals surface area contributed by atoms with Crippen LogP contribution in [0.15, 0.2) is 18.2 Å². The van der Waals surface area contributed by atoms with Crippen molar-refractivity contribution in [2.45, 2.75) is 19.3 Å². The summed E-state index contributed by atoms with van der Waals surface area (Å²) in [6.07, 6.45) is 2.63. The minimum Gasteiger partial charge on any atom is -0.324 e. The highest BCUT2D eigenvalue weighted by molar-refractivity contribution is 5.91. The number of carbonyl (C=O) groups is 1. The highest BCUT2D eigenvalue weighted by Crippen LogP contribution is 2.32. The lowest BCUT2D eigenvalue weighted by Crippen LogP contribution is -2.13. The van der Waals surface area contributed by atoms with E-state index in [9.17, 15) is 9.18 Å². The summed E-state index contributed by atoms with van der Waals surface area (Å²) in [6, 6.07) is 5.85. The summed E-state index contributed by atoms with van der Waals surface area (Å²) in [7, 11) is 0. The standard InChI is InChI=1S/C12H11FN2O/c13-10-5-9(7-14)3-4-11(10)15-12(16)6-8-1-2-8/h3-5,8H,1-2,6H2,(H,15,16). The van der Waals surface area contributed by atoms with Gasteiger partial charge in [0.1, 0.15) is 5.82 Å². The summed E-state index contributed by atoms with van der Waals surface area (Å²) in [5.74, 6) is -0.254. The summed E-state index contributed by atoms with van der Waals surface area (Å²) in [6.45, 7) is 0. The van der Waals surface area contributed by atoms with Crippen molar-refractivity contribution in [3.63, 3.8) is 0 Å². The molecule has 16 heavy (non-hydrogen) atoms. The summed E-state index contributed by atoms with van der Waals surface area (Å²) in [5.41, 5.74) is 0.391. The van der Waals surface area contributed by atoms with Crippen LogP contribution < -0.4 is 5.32 Å². The molecule has 4 heteroatoms. The lowest BCUT2D eigenvalue weighted by atomic mass is 10.2. The van der Waals surface area contributed by atoms with Gasteiger partial charge in [0.15, 0.2) is 0 Å². The Morgan fingerprint density at radius 2 is 2.31 bits per heavy atom. The molecule has 1 aliphatic rings. The van der Waals surface area contributed by atoms with Gasteiger partial charge >= 0.3 is 0 Å². The molecule has 82 valence electrons. The van der Waals surface area contributed by atoms with Gasteiger partial charge in [-0.25, -0.2) is 4.39 Å². The summed E-state index contributed by atoms with van der Waals surface area (Å²) < 4.78 is 13.4. The maximum atomic E-state index is 13.4. The monoisotopic (exact) mass is 218 g/mol. The Kier molecular flexibility index (Phi) is 2.86. The van der Waals surface area contributed by atoms with Crippen LogP contribution in [0.4, 0.5) is 10.1 Å². The number of anilines is 1. The van der Waals surface area contributed by atoms with Crippen molar-refractivity contribution >= 4 is 11.6 Å². The SMILES string of the molecule is N#Cc1ccc(NC(=O)CC2CC2)c(F)c1. The minimum atomic E-state index is -0.566. The van der Waals surface area contributed by atoms with Crippen molar-refractivity contribution in [1.82, 2.24) is 0 Å². The molecule has 0 atom stereocenters.